The van der Waals surface area contributed by atoms with E-state index in [1.165, 1.54) is 0 Å². The summed E-state index contributed by atoms with van der Waals surface area (Å²) < 4.78 is 19.5. The average molecular weight is 367 g/mol. The fourth-order valence-corrected chi connectivity index (χ4v) is 3.58. The molecule has 0 spiro atoms. The number of carbonyl (C=O) groups is 1. The Kier molecular flexibility index (Phi) is 6.40. The van der Waals surface area contributed by atoms with Gasteiger partial charge in [0.15, 0.2) is 0 Å². The first-order valence-electron chi connectivity index (χ1n) is 8.62. The average Bonchev–Trinajstić information content (AvgIpc) is 2.49. The Bertz CT molecular complexity index is 679. The summed E-state index contributed by atoms with van der Waals surface area (Å²) in [6.07, 6.45) is 4.71. The first-order chi connectivity index (χ1) is 11.7. The fraction of sp³-hybridized carbons (Fsp3) is 0.632. The first-order valence-corrected chi connectivity index (χ1v) is 9.00. The van der Waals surface area contributed by atoms with Crippen LogP contribution in [0.25, 0.3) is 4.85 Å². The number of ether oxygens (including phenoxy) is 1. The van der Waals surface area contributed by atoms with Crippen molar-refractivity contribution < 1.29 is 13.9 Å². The normalized spacial score (nSPS) is 20.8. The fourth-order valence-electron chi connectivity index (χ4n) is 3.38. The van der Waals surface area contributed by atoms with Crippen LogP contribution < -0.4 is 0 Å². The summed E-state index contributed by atoms with van der Waals surface area (Å²) in [5, 5.41) is 0.0486. The zero-order valence-corrected chi connectivity index (χ0v) is 15.7. The Labute approximate surface area is 153 Å². The van der Waals surface area contributed by atoms with Gasteiger partial charge in [0.2, 0.25) is 5.69 Å². The quantitative estimate of drug-likeness (QED) is 0.401. The maximum Gasteiger partial charge on any atom is 0.306 e. The van der Waals surface area contributed by atoms with E-state index in [0.29, 0.717) is 18.5 Å². The molecular formula is C19H24ClFN2O2. The topological polar surface area (TPSA) is 43.5 Å². The number of hydrogen-bond donors (Lipinski definition) is 0. The molecule has 0 bridgehead atoms. The smallest absolute Gasteiger partial charge is 0.306 e. The molecule has 1 aliphatic rings. The van der Waals surface area contributed by atoms with Gasteiger partial charge in [-0.1, -0.05) is 24.4 Å². The minimum absolute atomic E-state index is 0.0364. The van der Waals surface area contributed by atoms with Gasteiger partial charge < -0.3 is 4.74 Å². The van der Waals surface area contributed by atoms with Crippen LogP contribution in [0.15, 0.2) is 6.07 Å². The van der Waals surface area contributed by atoms with Gasteiger partial charge in [-0.15, -0.1) is 0 Å². The lowest BCUT2D eigenvalue weighted by Gasteiger charge is -2.29. The van der Waals surface area contributed by atoms with Gasteiger partial charge in [-0.2, -0.15) is 0 Å². The molecule has 1 aromatic rings. The molecule has 0 N–H and O–H groups in total. The molecular weight excluding hydrogens is 343 g/mol. The maximum absolute atomic E-state index is 14.1. The van der Waals surface area contributed by atoms with Crippen LogP contribution in [0.2, 0.25) is 5.15 Å². The predicted octanol–water partition coefficient (Wildman–Crippen LogP) is 5.51. The van der Waals surface area contributed by atoms with Crippen molar-refractivity contribution in [2.45, 2.75) is 64.9 Å². The summed E-state index contributed by atoms with van der Waals surface area (Å²) >= 11 is 5.93. The number of pyridine rings is 1. The molecule has 2 atom stereocenters. The van der Waals surface area contributed by atoms with E-state index in [2.05, 4.69) is 9.83 Å². The summed E-state index contributed by atoms with van der Waals surface area (Å²) in [5.74, 6) is -0.135. The highest BCUT2D eigenvalue weighted by Gasteiger charge is 2.27. The van der Waals surface area contributed by atoms with E-state index in [1.807, 2.05) is 20.8 Å². The summed E-state index contributed by atoms with van der Waals surface area (Å²) in [6, 6.07) is 1.15. The molecule has 25 heavy (non-hydrogen) atoms. The Morgan fingerprint density at radius 2 is 2.12 bits per heavy atom. The number of esters is 1. The third kappa shape index (κ3) is 5.97. The molecule has 0 aliphatic heterocycles. The Balaban J connectivity index is 1.97. The van der Waals surface area contributed by atoms with Gasteiger partial charge in [0.25, 0.3) is 0 Å². The maximum atomic E-state index is 14.1. The summed E-state index contributed by atoms with van der Waals surface area (Å²) in [7, 11) is 0. The highest BCUT2D eigenvalue weighted by Crippen LogP contribution is 2.35. The van der Waals surface area contributed by atoms with E-state index in [-0.39, 0.29) is 28.6 Å². The highest BCUT2D eigenvalue weighted by atomic mass is 35.5. The van der Waals surface area contributed by atoms with Gasteiger partial charge in [-0.3, -0.25) is 4.79 Å². The van der Waals surface area contributed by atoms with E-state index in [0.717, 1.165) is 31.7 Å². The monoisotopic (exact) mass is 366 g/mol. The van der Waals surface area contributed by atoms with Crippen LogP contribution in [0.4, 0.5) is 10.1 Å². The summed E-state index contributed by atoms with van der Waals surface area (Å²) in [6.45, 7) is 12.5. The van der Waals surface area contributed by atoms with Crippen molar-refractivity contribution in [2.24, 2.45) is 11.8 Å². The Morgan fingerprint density at radius 1 is 1.44 bits per heavy atom. The number of hydrogen-bond acceptors (Lipinski definition) is 3. The van der Waals surface area contributed by atoms with Crippen molar-refractivity contribution >= 4 is 23.3 Å². The van der Waals surface area contributed by atoms with Crippen LogP contribution in [0.1, 0.15) is 58.6 Å². The zero-order valence-electron chi connectivity index (χ0n) is 14.9. The van der Waals surface area contributed by atoms with E-state index in [4.69, 9.17) is 22.9 Å². The van der Waals surface area contributed by atoms with E-state index >= 15 is 0 Å². The van der Waals surface area contributed by atoms with E-state index in [9.17, 15) is 9.18 Å². The molecule has 0 radical (unpaired) electrons. The van der Waals surface area contributed by atoms with Gasteiger partial charge in [0.05, 0.1) is 12.3 Å². The van der Waals surface area contributed by atoms with Crippen molar-refractivity contribution in [2.75, 3.05) is 0 Å². The van der Waals surface area contributed by atoms with Crippen LogP contribution in [0, 0.1) is 24.2 Å². The number of rotatable bonds is 4. The molecule has 1 aliphatic carbocycles. The van der Waals surface area contributed by atoms with Crippen molar-refractivity contribution in [3.63, 3.8) is 0 Å². The molecule has 6 heteroatoms. The number of nitrogens with zero attached hydrogens (tertiary/aromatic N) is 2. The third-order valence-electron chi connectivity index (χ3n) is 4.35. The third-order valence-corrected chi connectivity index (χ3v) is 4.63. The molecule has 1 heterocycles. The molecule has 0 saturated heterocycles. The lowest BCUT2D eigenvalue weighted by atomic mass is 9.78. The number of aromatic nitrogens is 1. The molecule has 2 rings (SSSR count). The van der Waals surface area contributed by atoms with Gasteiger partial charge in [-0.25, -0.2) is 14.2 Å². The molecule has 4 nitrogen and oxygen atoms in total. The zero-order chi connectivity index (χ0) is 18.6. The standard InChI is InChI=1S/C19H24ClFN2O2/c1-19(2,3)25-17(24)10-13-7-5-6-12(8-13)9-15-14(21)11-16(22-4)18(20)23-15/h11-13H,5-10H2,1-3H3/t12-,13+/m1/s1. The van der Waals surface area contributed by atoms with Crippen molar-refractivity contribution in [3.05, 3.63) is 34.1 Å². The van der Waals surface area contributed by atoms with Crippen LogP contribution in [0.5, 0.6) is 0 Å². The Morgan fingerprint density at radius 3 is 2.76 bits per heavy atom. The number of carbonyl (C=O) groups excluding carboxylic acids is 1. The minimum atomic E-state index is -0.482. The van der Waals surface area contributed by atoms with Gasteiger partial charge in [0.1, 0.15) is 16.6 Å². The van der Waals surface area contributed by atoms with E-state index in [1.54, 1.807) is 0 Å². The minimum Gasteiger partial charge on any atom is -0.460 e. The molecule has 0 aromatic carbocycles. The second-order valence-electron chi connectivity index (χ2n) is 7.73. The molecule has 0 amide bonds. The summed E-state index contributed by atoms with van der Waals surface area (Å²) in [5.41, 5.74) is -0.130. The molecule has 1 saturated carbocycles. The predicted molar refractivity (Wildman–Crippen MR) is 95.1 cm³/mol. The molecule has 1 fully saturated rings. The highest BCUT2D eigenvalue weighted by molar-refractivity contribution is 6.32. The molecule has 1 aromatic heterocycles. The van der Waals surface area contributed by atoms with Crippen LogP contribution in [-0.2, 0) is 16.0 Å². The van der Waals surface area contributed by atoms with Crippen LogP contribution in [0.3, 0.4) is 0 Å². The second kappa shape index (κ2) is 8.14. The number of halogens is 2. The Hall–Kier alpha value is -1.67. The SMILES string of the molecule is [C-]#[N+]c1cc(F)c(C[C@@H]2CCC[C@H](CC(=O)OC(C)(C)C)C2)nc1Cl. The first kappa shape index (κ1) is 19.7. The van der Waals surface area contributed by atoms with Gasteiger partial charge in [0, 0.05) is 6.42 Å². The second-order valence-corrected chi connectivity index (χ2v) is 8.09. The lowest BCUT2D eigenvalue weighted by molar-refractivity contribution is -0.156. The van der Waals surface area contributed by atoms with Crippen LogP contribution >= 0.6 is 11.6 Å². The summed E-state index contributed by atoms with van der Waals surface area (Å²) in [4.78, 5) is 19.2. The molecule has 136 valence electrons. The van der Waals surface area contributed by atoms with Gasteiger partial charge in [-0.05, 0) is 57.9 Å². The van der Waals surface area contributed by atoms with Crippen molar-refractivity contribution in [1.82, 2.24) is 4.98 Å². The van der Waals surface area contributed by atoms with Gasteiger partial charge >= 0.3 is 5.97 Å². The van der Waals surface area contributed by atoms with Crippen LogP contribution in [-0.4, -0.2) is 16.6 Å². The van der Waals surface area contributed by atoms with Crippen molar-refractivity contribution in [1.29, 1.82) is 0 Å². The lowest BCUT2D eigenvalue weighted by Crippen LogP contribution is -2.27. The van der Waals surface area contributed by atoms with E-state index < -0.39 is 11.4 Å². The largest absolute Gasteiger partial charge is 0.460 e. The van der Waals surface area contributed by atoms with Crippen molar-refractivity contribution in [3.8, 4) is 0 Å². The molecule has 0 unspecified atom stereocenters.